The lowest BCUT2D eigenvalue weighted by Gasteiger charge is -2.26. The highest BCUT2D eigenvalue weighted by atomic mass is 19.1. The molecular weight excluding hydrogens is 521 g/mol. The van der Waals surface area contributed by atoms with Crippen LogP contribution in [0.3, 0.4) is 0 Å². The number of pyridine rings is 2. The first kappa shape index (κ1) is 27.9. The van der Waals surface area contributed by atoms with Crippen molar-refractivity contribution in [3.8, 4) is 22.4 Å². The largest absolute Gasteiger partial charge is 0.396 e. The van der Waals surface area contributed by atoms with Crippen LogP contribution in [0.2, 0.25) is 0 Å². The first-order valence-electron chi connectivity index (χ1n) is 13.6. The van der Waals surface area contributed by atoms with Crippen molar-refractivity contribution >= 4 is 11.9 Å². The van der Waals surface area contributed by atoms with Crippen LogP contribution in [-0.4, -0.2) is 44.6 Å². The molecule has 8 nitrogen and oxygen atoms in total. The second kappa shape index (κ2) is 12.3. The van der Waals surface area contributed by atoms with Crippen LogP contribution in [0.1, 0.15) is 53.5 Å². The van der Waals surface area contributed by atoms with Crippen molar-refractivity contribution in [3.05, 3.63) is 107 Å². The summed E-state index contributed by atoms with van der Waals surface area (Å²) < 4.78 is 14.2. The van der Waals surface area contributed by atoms with E-state index in [0.29, 0.717) is 17.7 Å². The topological polar surface area (TPSA) is 107 Å². The van der Waals surface area contributed by atoms with E-state index in [1.165, 1.54) is 6.07 Å². The molecule has 4 aromatic rings. The van der Waals surface area contributed by atoms with E-state index in [-0.39, 0.29) is 37.5 Å². The number of rotatable bonds is 8. The number of fused-ring (bicyclic) bond motifs is 1. The molecule has 41 heavy (non-hydrogen) atoms. The lowest BCUT2D eigenvalue weighted by atomic mass is 9.94. The molecule has 0 fully saturated rings. The molecular formula is C32H32FN5O3. The van der Waals surface area contributed by atoms with Gasteiger partial charge in [0.15, 0.2) is 0 Å². The smallest absolute Gasteiger partial charge is 0.318 e. The molecule has 3 amide bonds. The van der Waals surface area contributed by atoms with E-state index in [4.69, 9.17) is 4.98 Å². The molecule has 1 aliphatic rings. The fourth-order valence-electron chi connectivity index (χ4n) is 5.15. The quantitative estimate of drug-likeness (QED) is 0.277. The zero-order chi connectivity index (χ0) is 28.9. The molecule has 2 aromatic carbocycles. The van der Waals surface area contributed by atoms with Gasteiger partial charge in [0.05, 0.1) is 11.7 Å². The number of halogens is 1. The zero-order valence-electron chi connectivity index (χ0n) is 23.0. The van der Waals surface area contributed by atoms with Crippen LogP contribution in [0.5, 0.6) is 0 Å². The first-order valence-corrected chi connectivity index (χ1v) is 13.6. The van der Waals surface area contributed by atoms with E-state index in [9.17, 15) is 19.1 Å². The highest BCUT2D eigenvalue weighted by Gasteiger charge is 2.37. The highest BCUT2D eigenvalue weighted by Crippen LogP contribution is 2.42. The molecule has 2 aromatic heterocycles. The average molecular weight is 554 g/mol. The Morgan fingerprint density at radius 1 is 1.05 bits per heavy atom. The van der Waals surface area contributed by atoms with E-state index in [1.807, 2.05) is 50.2 Å². The molecule has 1 atom stereocenters. The Morgan fingerprint density at radius 3 is 2.56 bits per heavy atom. The minimum Gasteiger partial charge on any atom is -0.396 e. The van der Waals surface area contributed by atoms with Gasteiger partial charge in [-0.1, -0.05) is 42.5 Å². The number of aromatic nitrogens is 2. The number of carbonyl (C=O) groups is 2. The predicted molar refractivity (Wildman–Crippen MR) is 154 cm³/mol. The van der Waals surface area contributed by atoms with Gasteiger partial charge in [0.25, 0.3) is 5.91 Å². The van der Waals surface area contributed by atoms with Gasteiger partial charge in [-0.05, 0) is 55.7 Å². The van der Waals surface area contributed by atoms with Gasteiger partial charge in [-0.3, -0.25) is 9.78 Å². The van der Waals surface area contributed by atoms with Crippen LogP contribution < -0.4 is 10.6 Å². The van der Waals surface area contributed by atoms with Crippen LogP contribution in [-0.2, 0) is 13.1 Å². The second-order valence-electron chi connectivity index (χ2n) is 10.3. The third-order valence-corrected chi connectivity index (χ3v) is 7.03. The fraction of sp³-hybridized carbons (Fsp3) is 0.250. The summed E-state index contributed by atoms with van der Waals surface area (Å²) in [6.07, 6.45) is 3.80. The summed E-state index contributed by atoms with van der Waals surface area (Å²) >= 11 is 0. The summed E-state index contributed by atoms with van der Waals surface area (Å²) in [5.74, 6) is -0.856. The van der Waals surface area contributed by atoms with Gasteiger partial charge in [-0.15, -0.1) is 0 Å². The number of nitrogens with one attached hydrogen (secondary N) is 2. The first-order chi connectivity index (χ1) is 19.9. The number of hydrogen-bond acceptors (Lipinski definition) is 5. The Morgan fingerprint density at radius 2 is 1.83 bits per heavy atom. The van der Waals surface area contributed by atoms with Gasteiger partial charge in [-0.2, -0.15) is 0 Å². The van der Waals surface area contributed by atoms with Crippen molar-refractivity contribution in [2.24, 2.45) is 0 Å². The summed E-state index contributed by atoms with van der Waals surface area (Å²) in [4.78, 5) is 37.2. The summed E-state index contributed by atoms with van der Waals surface area (Å²) in [6, 6.07) is 18.8. The summed E-state index contributed by atoms with van der Waals surface area (Å²) in [5, 5.41) is 15.7. The third kappa shape index (κ3) is 6.10. The molecule has 1 aliphatic heterocycles. The van der Waals surface area contributed by atoms with Gasteiger partial charge in [0.2, 0.25) is 0 Å². The molecule has 9 heteroatoms. The van der Waals surface area contributed by atoms with Crippen molar-refractivity contribution in [1.29, 1.82) is 0 Å². The predicted octanol–water partition coefficient (Wildman–Crippen LogP) is 5.24. The van der Waals surface area contributed by atoms with E-state index >= 15 is 0 Å². The molecule has 0 spiro atoms. The molecule has 0 saturated heterocycles. The minimum absolute atomic E-state index is 0.00610. The lowest BCUT2D eigenvalue weighted by molar-refractivity contribution is 0.0945. The fourth-order valence-corrected chi connectivity index (χ4v) is 5.15. The van der Waals surface area contributed by atoms with Crippen molar-refractivity contribution in [3.63, 3.8) is 0 Å². The standard InChI is InChI=1S/C32H32FN5O3/c1-20(2)36-32(41)38-19-25-16-27(31(40)35-18-24-7-3-4-11-26(24)33)37-30(29(25)28(38)12-14-39)22-9-5-8-21(15-22)23-10-6-13-34-17-23/h3-11,13,15-17,20,28,39H,12,14,18-19H2,1-2H3,(H,35,40)(H,36,41). The molecule has 210 valence electrons. The SMILES string of the molecule is CC(C)NC(=O)N1Cc2cc(C(=O)NCc3ccccc3F)nc(-c3cccc(-c4cccnc4)c3)c2C1CCO. The van der Waals surface area contributed by atoms with Gasteiger partial charge in [-0.25, -0.2) is 14.2 Å². The van der Waals surface area contributed by atoms with Gasteiger partial charge < -0.3 is 20.6 Å². The normalized spacial score (nSPS) is 14.2. The van der Waals surface area contributed by atoms with Crippen molar-refractivity contribution in [2.45, 2.75) is 45.4 Å². The van der Waals surface area contributed by atoms with E-state index in [2.05, 4.69) is 15.6 Å². The summed E-state index contributed by atoms with van der Waals surface area (Å²) in [6.45, 7) is 3.90. The molecule has 0 aliphatic carbocycles. The van der Waals surface area contributed by atoms with Crippen LogP contribution in [0, 0.1) is 5.82 Å². The Hall–Kier alpha value is -4.63. The Bertz CT molecular complexity index is 1560. The monoisotopic (exact) mass is 553 g/mol. The molecule has 0 bridgehead atoms. The maximum absolute atomic E-state index is 14.2. The second-order valence-corrected chi connectivity index (χ2v) is 10.3. The Balaban J connectivity index is 1.58. The number of amides is 3. The van der Waals surface area contributed by atoms with E-state index in [1.54, 1.807) is 41.6 Å². The highest BCUT2D eigenvalue weighted by molar-refractivity contribution is 5.94. The van der Waals surface area contributed by atoms with Gasteiger partial charge >= 0.3 is 6.03 Å². The number of carbonyl (C=O) groups excluding carboxylic acids is 2. The van der Waals surface area contributed by atoms with Gasteiger partial charge in [0, 0.05) is 60.4 Å². The Labute approximate surface area is 238 Å². The zero-order valence-corrected chi connectivity index (χ0v) is 23.0. The van der Waals surface area contributed by atoms with Crippen LogP contribution in [0.4, 0.5) is 9.18 Å². The summed E-state index contributed by atoms with van der Waals surface area (Å²) in [5.41, 5.74) is 5.27. The van der Waals surface area contributed by atoms with Crippen molar-refractivity contribution < 1.29 is 19.1 Å². The molecule has 5 rings (SSSR count). The number of nitrogens with zero attached hydrogens (tertiary/aromatic N) is 3. The van der Waals surface area contributed by atoms with E-state index in [0.717, 1.165) is 27.8 Å². The lowest BCUT2D eigenvalue weighted by Crippen LogP contribution is -2.42. The number of aliphatic hydroxyl groups excluding tert-OH is 1. The van der Waals surface area contributed by atoms with E-state index < -0.39 is 17.8 Å². The third-order valence-electron chi connectivity index (χ3n) is 7.03. The average Bonchev–Trinajstić information content (AvgIpc) is 3.35. The number of hydrogen-bond donors (Lipinski definition) is 3. The molecule has 0 saturated carbocycles. The van der Waals surface area contributed by atoms with Crippen molar-refractivity contribution in [1.82, 2.24) is 25.5 Å². The molecule has 1 unspecified atom stereocenters. The molecule has 3 heterocycles. The van der Waals surface area contributed by atoms with Gasteiger partial charge in [0.1, 0.15) is 11.5 Å². The summed E-state index contributed by atoms with van der Waals surface area (Å²) in [7, 11) is 0. The van der Waals surface area contributed by atoms with Crippen molar-refractivity contribution in [2.75, 3.05) is 6.61 Å². The van der Waals surface area contributed by atoms with Crippen LogP contribution in [0.15, 0.2) is 79.1 Å². The maximum atomic E-state index is 14.2. The number of urea groups is 1. The minimum atomic E-state index is -0.454. The number of aliphatic hydroxyl groups is 1. The molecule has 3 N–H and O–H groups in total. The Kier molecular flexibility index (Phi) is 8.35. The maximum Gasteiger partial charge on any atom is 0.318 e. The molecule has 0 radical (unpaired) electrons. The van der Waals surface area contributed by atoms with Crippen LogP contribution in [0.25, 0.3) is 22.4 Å². The number of benzene rings is 2. The van der Waals surface area contributed by atoms with Crippen LogP contribution >= 0.6 is 0 Å².